The molecule has 2 aliphatic carbocycles. The zero-order valence-corrected chi connectivity index (χ0v) is 18.9. The van der Waals surface area contributed by atoms with Crippen LogP contribution in [0.4, 0.5) is 11.8 Å². The fourth-order valence-electron chi connectivity index (χ4n) is 4.94. The van der Waals surface area contributed by atoms with Crippen LogP contribution in [-0.4, -0.2) is 36.6 Å². The topological polar surface area (TPSA) is 53.1 Å². The van der Waals surface area contributed by atoms with Gasteiger partial charge in [0.15, 0.2) is 0 Å². The number of aromatic nitrogens is 2. The summed E-state index contributed by atoms with van der Waals surface area (Å²) in [5.41, 5.74) is 5.34. The van der Waals surface area contributed by atoms with Gasteiger partial charge in [0.2, 0.25) is 5.95 Å². The van der Waals surface area contributed by atoms with Crippen molar-refractivity contribution in [1.82, 2.24) is 15.3 Å². The van der Waals surface area contributed by atoms with Gasteiger partial charge in [-0.1, -0.05) is 29.8 Å². The second kappa shape index (κ2) is 9.78. The molecular weight excluding hydrogens is 370 g/mol. The van der Waals surface area contributed by atoms with Gasteiger partial charge >= 0.3 is 0 Å². The van der Waals surface area contributed by atoms with E-state index in [9.17, 15) is 0 Å². The number of benzene rings is 1. The molecule has 4 rings (SSSR count). The highest BCUT2D eigenvalue weighted by Gasteiger charge is 2.23. The largest absolute Gasteiger partial charge is 0.362 e. The lowest BCUT2D eigenvalue weighted by Crippen LogP contribution is -2.32. The van der Waals surface area contributed by atoms with Crippen LogP contribution in [-0.2, 0) is 19.4 Å². The second-order valence-electron chi connectivity index (χ2n) is 9.38. The summed E-state index contributed by atoms with van der Waals surface area (Å²) >= 11 is 0. The summed E-state index contributed by atoms with van der Waals surface area (Å²) in [5.74, 6) is 2.71. The van der Waals surface area contributed by atoms with Gasteiger partial charge in [-0.3, -0.25) is 0 Å². The molecule has 5 heteroatoms. The number of anilines is 2. The third-order valence-electron chi connectivity index (χ3n) is 6.61. The summed E-state index contributed by atoms with van der Waals surface area (Å²) in [6.07, 6.45) is 9.65. The summed E-state index contributed by atoms with van der Waals surface area (Å²) in [6.45, 7) is 4.24. The molecule has 0 radical (unpaired) electrons. The van der Waals surface area contributed by atoms with E-state index in [4.69, 9.17) is 9.97 Å². The van der Waals surface area contributed by atoms with Crippen molar-refractivity contribution in [3.8, 4) is 0 Å². The van der Waals surface area contributed by atoms with Crippen molar-refractivity contribution in [2.45, 2.75) is 70.9 Å². The molecule has 0 unspecified atom stereocenters. The van der Waals surface area contributed by atoms with Crippen LogP contribution in [0.5, 0.6) is 0 Å². The van der Waals surface area contributed by atoms with E-state index >= 15 is 0 Å². The molecule has 1 heterocycles. The average molecular weight is 408 g/mol. The Hall–Kier alpha value is -2.14. The maximum atomic E-state index is 4.90. The Labute approximate surface area is 181 Å². The second-order valence-corrected chi connectivity index (χ2v) is 9.38. The molecular formula is C25H37N5. The predicted octanol–water partition coefficient (Wildman–Crippen LogP) is 4.49. The summed E-state index contributed by atoms with van der Waals surface area (Å²) < 4.78 is 0. The lowest BCUT2D eigenvalue weighted by molar-refractivity contribution is 0.323. The molecule has 0 bridgehead atoms. The van der Waals surface area contributed by atoms with Crippen LogP contribution in [0.1, 0.15) is 60.9 Å². The van der Waals surface area contributed by atoms with Crippen LogP contribution >= 0.6 is 0 Å². The molecule has 1 aromatic heterocycles. The first-order valence-electron chi connectivity index (χ1n) is 11.7. The van der Waals surface area contributed by atoms with Gasteiger partial charge in [-0.05, 0) is 76.3 Å². The molecule has 30 heavy (non-hydrogen) atoms. The summed E-state index contributed by atoms with van der Waals surface area (Å²) in [4.78, 5) is 11.9. The van der Waals surface area contributed by atoms with Crippen molar-refractivity contribution in [3.05, 3.63) is 46.6 Å². The van der Waals surface area contributed by atoms with E-state index in [1.54, 1.807) is 0 Å². The van der Waals surface area contributed by atoms with Crippen molar-refractivity contribution in [1.29, 1.82) is 0 Å². The van der Waals surface area contributed by atoms with Crippen LogP contribution < -0.4 is 15.5 Å². The van der Waals surface area contributed by atoms with E-state index in [0.717, 1.165) is 43.6 Å². The first-order valence-corrected chi connectivity index (χ1v) is 11.7. The quantitative estimate of drug-likeness (QED) is 0.708. The number of rotatable bonds is 7. The molecule has 2 N–H and O–H groups in total. The molecule has 0 amide bonds. The Kier molecular flexibility index (Phi) is 6.88. The van der Waals surface area contributed by atoms with Crippen molar-refractivity contribution in [2.24, 2.45) is 5.92 Å². The van der Waals surface area contributed by atoms with Crippen molar-refractivity contribution >= 4 is 11.8 Å². The number of nitrogens with zero attached hydrogens (tertiary/aromatic N) is 3. The zero-order valence-electron chi connectivity index (χ0n) is 18.9. The van der Waals surface area contributed by atoms with Gasteiger partial charge < -0.3 is 15.5 Å². The fourth-order valence-corrected chi connectivity index (χ4v) is 4.94. The molecule has 162 valence electrons. The number of hydrogen-bond acceptors (Lipinski definition) is 5. The minimum atomic E-state index is 0.495. The molecule has 1 saturated carbocycles. The smallest absolute Gasteiger partial charge is 0.225 e. The number of hydrogen-bond donors (Lipinski definition) is 2. The van der Waals surface area contributed by atoms with Gasteiger partial charge in [0, 0.05) is 32.2 Å². The summed E-state index contributed by atoms with van der Waals surface area (Å²) in [6, 6.07) is 9.28. The van der Waals surface area contributed by atoms with Crippen LogP contribution in [0.2, 0.25) is 0 Å². The molecule has 2 aliphatic rings. The molecule has 0 saturated heterocycles. The third kappa shape index (κ3) is 5.31. The maximum Gasteiger partial charge on any atom is 0.225 e. The fraction of sp³-hybridized carbons (Fsp3) is 0.600. The first-order chi connectivity index (χ1) is 14.6. The van der Waals surface area contributed by atoms with Gasteiger partial charge in [-0.2, -0.15) is 4.98 Å². The Bertz CT molecular complexity index is 839. The lowest BCUT2D eigenvalue weighted by atomic mass is 9.86. The highest BCUT2D eigenvalue weighted by Crippen LogP contribution is 2.30. The Morgan fingerprint density at radius 1 is 1.03 bits per heavy atom. The van der Waals surface area contributed by atoms with E-state index in [-0.39, 0.29) is 0 Å². The van der Waals surface area contributed by atoms with Gasteiger partial charge in [-0.15, -0.1) is 0 Å². The van der Waals surface area contributed by atoms with E-state index in [1.165, 1.54) is 60.9 Å². The highest BCUT2D eigenvalue weighted by atomic mass is 15.2. The van der Waals surface area contributed by atoms with Crippen LogP contribution in [0.15, 0.2) is 24.3 Å². The third-order valence-corrected chi connectivity index (χ3v) is 6.61. The Morgan fingerprint density at radius 2 is 1.83 bits per heavy atom. The summed E-state index contributed by atoms with van der Waals surface area (Å²) in [5, 5.41) is 7.33. The van der Waals surface area contributed by atoms with E-state index < -0.39 is 0 Å². The molecule has 2 aromatic rings. The van der Waals surface area contributed by atoms with Gasteiger partial charge in [0.1, 0.15) is 5.82 Å². The van der Waals surface area contributed by atoms with Gasteiger partial charge in [0.05, 0.1) is 5.69 Å². The van der Waals surface area contributed by atoms with Crippen molar-refractivity contribution < 1.29 is 0 Å². The number of aryl methyl sites for hydroxylation is 2. The average Bonchev–Trinajstić information content (AvgIpc) is 2.74. The molecule has 1 aromatic carbocycles. The predicted molar refractivity (Wildman–Crippen MR) is 125 cm³/mol. The zero-order chi connectivity index (χ0) is 20.9. The first kappa shape index (κ1) is 21.1. The minimum absolute atomic E-state index is 0.495. The Balaban J connectivity index is 1.27. The Morgan fingerprint density at radius 3 is 2.60 bits per heavy atom. The standard InChI is InChI=1S/C25H37N5/c1-18-7-6-8-20(15-18)17-26-16-19-11-13-21(14-12-19)27-25-28-23-10-5-4-9-22(23)24(29-25)30(2)3/h6-8,15,19,21,26H,4-5,9-14,16-17H2,1-3H3,(H,27,28,29)/t19-,21+. The van der Waals surface area contributed by atoms with Crippen LogP contribution in [0.3, 0.4) is 0 Å². The van der Waals surface area contributed by atoms with E-state index in [1.807, 2.05) is 0 Å². The maximum absolute atomic E-state index is 4.90. The lowest BCUT2D eigenvalue weighted by Gasteiger charge is -2.30. The highest BCUT2D eigenvalue weighted by molar-refractivity contribution is 5.52. The summed E-state index contributed by atoms with van der Waals surface area (Å²) in [7, 11) is 4.19. The van der Waals surface area contributed by atoms with Crippen molar-refractivity contribution in [2.75, 3.05) is 30.9 Å². The monoisotopic (exact) mass is 407 g/mol. The minimum Gasteiger partial charge on any atom is -0.362 e. The molecule has 5 nitrogen and oxygen atoms in total. The normalized spacial score (nSPS) is 21.2. The van der Waals surface area contributed by atoms with Crippen molar-refractivity contribution in [3.63, 3.8) is 0 Å². The van der Waals surface area contributed by atoms with Crippen LogP contribution in [0, 0.1) is 12.8 Å². The van der Waals surface area contributed by atoms with E-state index in [2.05, 4.69) is 60.8 Å². The van der Waals surface area contributed by atoms with E-state index in [0.29, 0.717) is 6.04 Å². The SMILES string of the molecule is Cc1cccc(CNC[C@H]2CC[C@@H](Nc3nc4c(c(N(C)C)n3)CCCC4)CC2)c1. The van der Waals surface area contributed by atoms with Gasteiger partial charge in [-0.25, -0.2) is 4.98 Å². The van der Waals surface area contributed by atoms with Gasteiger partial charge in [0.25, 0.3) is 0 Å². The van der Waals surface area contributed by atoms with Crippen LogP contribution in [0.25, 0.3) is 0 Å². The molecule has 0 atom stereocenters. The molecule has 1 fully saturated rings. The number of nitrogens with one attached hydrogen (secondary N) is 2. The number of fused-ring (bicyclic) bond motifs is 1. The molecule has 0 aliphatic heterocycles. The molecule has 0 spiro atoms.